The number of carbonyl (C=O) groups excluding carboxylic acids is 1. The van der Waals surface area contributed by atoms with E-state index < -0.39 is 11.8 Å². The molecule has 0 aliphatic carbocycles. The van der Waals surface area contributed by atoms with Gasteiger partial charge in [-0.25, -0.2) is 9.18 Å². The van der Waals surface area contributed by atoms with Crippen LogP contribution in [0.15, 0.2) is 18.2 Å². The Kier molecular flexibility index (Phi) is 5.21. The van der Waals surface area contributed by atoms with Crippen molar-refractivity contribution < 1.29 is 19.1 Å². The van der Waals surface area contributed by atoms with Crippen LogP contribution in [0.5, 0.6) is 0 Å². The molecular weight excluding hydrogens is 263 g/mol. The van der Waals surface area contributed by atoms with E-state index in [2.05, 4.69) is 10.6 Å². The standard InChI is InChI=1S/C14H19FN2O3/c1-14(2,3)17-12(18)8-16-7-10-6-9(13(19)20)4-5-11(10)15/h4-6,16H,7-8H2,1-3H3,(H,17,18)(H,19,20). The average molecular weight is 282 g/mol. The number of carboxylic acid groups (broad SMARTS) is 1. The van der Waals surface area contributed by atoms with E-state index in [9.17, 15) is 14.0 Å². The summed E-state index contributed by atoms with van der Waals surface area (Å²) in [5.74, 6) is -1.82. The highest BCUT2D eigenvalue weighted by molar-refractivity contribution is 5.87. The number of rotatable bonds is 5. The maximum absolute atomic E-state index is 13.5. The van der Waals surface area contributed by atoms with Crippen LogP contribution < -0.4 is 10.6 Å². The first kappa shape index (κ1) is 16.1. The highest BCUT2D eigenvalue weighted by atomic mass is 19.1. The maximum atomic E-state index is 13.5. The minimum atomic E-state index is -1.11. The zero-order valence-corrected chi connectivity index (χ0v) is 11.8. The quantitative estimate of drug-likeness (QED) is 0.765. The number of carbonyl (C=O) groups is 2. The highest BCUT2D eigenvalue weighted by Gasteiger charge is 2.13. The lowest BCUT2D eigenvalue weighted by molar-refractivity contribution is -0.121. The molecule has 0 atom stereocenters. The van der Waals surface area contributed by atoms with Gasteiger partial charge in [0.25, 0.3) is 0 Å². The maximum Gasteiger partial charge on any atom is 0.335 e. The topological polar surface area (TPSA) is 78.4 Å². The van der Waals surface area contributed by atoms with Gasteiger partial charge in [0.05, 0.1) is 12.1 Å². The molecule has 5 nitrogen and oxygen atoms in total. The van der Waals surface area contributed by atoms with E-state index in [1.807, 2.05) is 20.8 Å². The van der Waals surface area contributed by atoms with E-state index in [-0.39, 0.29) is 35.7 Å². The molecule has 6 heteroatoms. The summed E-state index contributed by atoms with van der Waals surface area (Å²) in [5.41, 5.74) is -0.0939. The highest BCUT2D eigenvalue weighted by Crippen LogP contribution is 2.10. The lowest BCUT2D eigenvalue weighted by atomic mass is 10.1. The Hall–Kier alpha value is -1.95. The summed E-state index contributed by atoms with van der Waals surface area (Å²) >= 11 is 0. The molecule has 0 unspecified atom stereocenters. The number of nitrogens with one attached hydrogen (secondary N) is 2. The third kappa shape index (κ3) is 5.36. The van der Waals surface area contributed by atoms with E-state index in [0.717, 1.165) is 6.07 Å². The Morgan fingerprint density at radius 1 is 1.30 bits per heavy atom. The van der Waals surface area contributed by atoms with Crippen molar-refractivity contribution in [2.45, 2.75) is 32.9 Å². The van der Waals surface area contributed by atoms with E-state index >= 15 is 0 Å². The Labute approximate surface area is 117 Å². The fourth-order valence-electron chi connectivity index (χ4n) is 1.62. The molecule has 0 aliphatic heterocycles. The summed E-state index contributed by atoms with van der Waals surface area (Å²) in [5, 5.41) is 14.4. The normalized spacial score (nSPS) is 11.2. The van der Waals surface area contributed by atoms with Crippen LogP contribution in [0.25, 0.3) is 0 Å². The summed E-state index contributed by atoms with van der Waals surface area (Å²) in [7, 11) is 0. The van der Waals surface area contributed by atoms with Gasteiger partial charge in [0.15, 0.2) is 0 Å². The van der Waals surface area contributed by atoms with Gasteiger partial charge in [0.2, 0.25) is 5.91 Å². The minimum Gasteiger partial charge on any atom is -0.478 e. The van der Waals surface area contributed by atoms with Crippen LogP contribution >= 0.6 is 0 Å². The molecule has 0 aliphatic rings. The Bertz CT molecular complexity index is 510. The fraction of sp³-hybridized carbons (Fsp3) is 0.429. The molecule has 1 aromatic rings. The molecule has 0 spiro atoms. The molecule has 0 fully saturated rings. The molecule has 0 aromatic heterocycles. The number of carboxylic acids is 1. The monoisotopic (exact) mass is 282 g/mol. The van der Waals surface area contributed by atoms with Crippen molar-refractivity contribution in [2.24, 2.45) is 0 Å². The van der Waals surface area contributed by atoms with Crippen molar-refractivity contribution in [1.82, 2.24) is 10.6 Å². The van der Waals surface area contributed by atoms with Crippen molar-refractivity contribution >= 4 is 11.9 Å². The van der Waals surface area contributed by atoms with Crippen LogP contribution in [-0.4, -0.2) is 29.1 Å². The van der Waals surface area contributed by atoms with E-state index in [4.69, 9.17) is 5.11 Å². The smallest absolute Gasteiger partial charge is 0.335 e. The van der Waals surface area contributed by atoms with Crippen LogP contribution in [0, 0.1) is 5.82 Å². The summed E-state index contributed by atoms with van der Waals surface area (Å²) in [6.07, 6.45) is 0. The molecule has 1 aromatic carbocycles. The van der Waals surface area contributed by atoms with Crippen molar-refractivity contribution in [3.8, 4) is 0 Å². The number of benzene rings is 1. The van der Waals surface area contributed by atoms with Gasteiger partial charge in [-0.3, -0.25) is 4.79 Å². The van der Waals surface area contributed by atoms with Gasteiger partial charge in [-0.15, -0.1) is 0 Å². The number of halogens is 1. The molecule has 1 rings (SSSR count). The number of amides is 1. The molecule has 0 bridgehead atoms. The molecule has 0 heterocycles. The van der Waals surface area contributed by atoms with Gasteiger partial charge < -0.3 is 15.7 Å². The van der Waals surface area contributed by atoms with Gasteiger partial charge in [0.1, 0.15) is 5.82 Å². The second-order valence-corrected chi connectivity index (χ2v) is 5.51. The van der Waals surface area contributed by atoms with Gasteiger partial charge in [-0.05, 0) is 39.0 Å². The lowest BCUT2D eigenvalue weighted by Crippen LogP contribution is -2.44. The van der Waals surface area contributed by atoms with Gasteiger partial charge in [-0.1, -0.05) is 0 Å². The Morgan fingerprint density at radius 3 is 2.50 bits per heavy atom. The third-order valence-electron chi connectivity index (χ3n) is 2.41. The number of hydrogen-bond acceptors (Lipinski definition) is 3. The molecular formula is C14H19FN2O3. The number of hydrogen-bond donors (Lipinski definition) is 3. The first-order valence-electron chi connectivity index (χ1n) is 6.22. The van der Waals surface area contributed by atoms with Crippen LogP contribution in [0.3, 0.4) is 0 Å². The predicted molar refractivity (Wildman–Crippen MR) is 73.0 cm³/mol. The SMILES string of the molecule is CC(C)(C)NC(=O)CNCc1cc(C(=O)O)ccc1F. The third-order valence-corrected chi connectivity index (χ3v) is 2.41. The zero-order chi connectivity index (χ0) is 15.3. The first-order chi connectivity index (χ1) is 9.19. The van der Waals surface area contributed by atoms with Crippen molar-refractivity contribution in [1.29, 1.82) is 0 Å². The van der Waals surface area contributed by atoms with Crippen molar-refractivity contribution in [3.63, 3.8) is 0 Å². The summed E-state index contributed by atoms with van der Waals surface area (Å²) < 4.78 is 13.5. The van der Waals surface area contributed by atoms with E-state index in [0.29, 0.717) is 0 Å². The van der Waals surface area contributed by atoms with Gasteiger partial charge in [-0.2, -0.15) is 0 Å². The molecule has 0 radical (unpaired) electrons. The van der Waals surface area contributed by atoms with Crippen molar-refractivity contribution in [3.05, 3.63) is 35.1 Å². The Morgan fingerprint density at radius 2 is 1.95 bits per heavy atom. The largest absolute Gasteiger partial charge is 0.478 e. The fourth-order valence-corrected chi connectivity index (χ4v) is 1.62. The molecule has 0 saturated carbocycles. The molecule has 20 heavy (non-hydrogen) atoms. The number of aromatic carboxylic acids is 1. The van der Waals surface area contributed by atoms with Crippen molar-refractivity contribution in [2.75, 3.05) is 6.54 Å². The molecule has 3 N–H and O–H groups in total. The van der Waals surface area contributed by atoms with Crippen LogP contribution in [0.4, 0.5) is 4.39 Å². The minimum absolute atomic E-state index is 0.0161. The van der Waals surface area contributed by atoms with Crippen LogP contribution in [0.2, 0.25) is 0 Å². The predicted octanol–water partition coefficient (Wildman–Crippen LogP) is 1.53. The molecule has 1 amide bonds. The second kappa shape index (κ2) is 6.47. The summed E-state index contributed by atoms with van der Waals surface area (Å²) in [6, 6.07) is 3.56. The average Bonchev–Trinajstić information content (AvgIpc) is 2.28. The van der Waals surface area contributed by atoms with Gasteiger partial charge in [0, 0.05) is 17.6 Å². The Balaban J connectivity index is 2.56. The zero-order valence-electron chi connectivity index (χ0n) is 11.8. The lowest BCUT2D eigenvalue weighted by Gasteiger charge is -2.20. The second-order valence-electron chi connectivity index (χ2n) is 5.51. The first-order valence-corrected chi connectivity index (χ1v) is 6.22. The summed E-state index contributed by atoms with van der Waals surface area (Å²) in [4.78, 5) is 22.3. The van der Waals surface area contributed by atoms with E-state index in [1.165, 1.54) is 12.1 Å². The summed E-state index contributed by atoms with van der Waals surface area (Å²) in [6.45, 7) is 5.71. The van der Waals surface area contributed by atoms with E-state index in [1.54, 1.807) is 0 Å². The van der Waals surface area contributed by atoms with Crippen LogP contribution in [0.1, 0.15) is 36.7 Å². The molecule has 0 saturated heterocycles. The van der Waals surface area contributed by atoms with Crippen LogP contribution in [-0.2, 0) is 11.3 Å². The molecule has 110 valence electrons. The van der Waals surface area contributed by atoms with Gasteiger partial charge >= 0.3 is 5.97 Å².